The van der Waals surface area contributed by atoms with Gasteiger partial charge in [-0.2, -0.15) is 0 Å². The first-order valence-electron chi connectivity index (χ1n) is 3.57. The zero-order valence-electron chi connectivity index (χ0n) is 7.82. The molecule has 2 heteroatoms. The van der Waals surface area contributed by atoms with Crippen molar-refractivity contribution in [3.05, 3.63) is 11.6 Å². The Morgan fingerprint density at radius 1 is 1.36 bits per heavy atom. The van der Waals surface area contributed by atoms with E-state index in [1.165, 1.54) is 7.11 Å². The Bertz CT molecular complexity index is 172. The van der Waals surface area contributed by atoms with Crippen molar-refractivity contribution in [2.24, 2.45) is 5.41 Å². The average Bonchev–Trinajstić information content (AvgIpc) is 1.86. The number of esters is 1. The van der Waals surface area contributed by atoms with Gasteiger partial charge in [0.1, 0.15) is 0 Å². The fraction of sp³-hybridized carbons (Fsp3) is 0.667. The van der Waals surface area contributed by atoms with Gasteiger partial charge >= 0.3 is 5.97 Å². The lowest BCUT2D eigenvalue weighted by Gasteiger charge is -2.19. The molecule has 0 fully saturated rings. The molecule has 2 nitrogen and oxygen atoms in total. The first kappa shape index (κ1) is 10.2. The number of methoxy groups -OCH3 is 1. The van der Waals surface area contributed by atoms with Crippen molar-refractivity contribution in [1.29, 1.82) is 0 Å². The highest BCUT2D eigenvalue weighted by Gasteiger charge is 2.23. The second-order valence-electron chi connectivity index (χ2n) is 3.37. The molecule has 0 bridgehead atoms. The van der Waals surface area contributed by atoms with Crippen LogP contribution in [0.2, 0.25) is 0 Å². The number of hydrogen-bond acceptors (Lipinski definition) is 2. The van der Waals surface area contributed by atoms with Crippen molar-refractivity contribution in [3.8, 4) is 0 Å². The second kappa shape index (κ2) is 3.56. The van der Waals surface area contributed by atoms with Gasteiger partial charge < -0.3 is 4.74 Å². The van der Waals surface area contributed by atoms with Crippen LogP contribution in [0.15, 0.2) is 5.57 Å². The number of ether oxygens (including phenoxy) is 1. The zero-order valence-corrected chi connectivity index (χ0v) is 7.82. The van der Waals surface area contributed by atoms with Crippen LogP contribution in [-0.4, -0.2) is 13.1 Å². The van der Waals surface area contributed by atoms with Crippen LogP contribution in [-0.2, 0) is 9.53 Å². The van der Waals surface area contributed by atoms with Crippen LogP contribution in [0.1, 0.15) is 27.7 Å². The molecule has 0 aliphatic rings. The van der Waals surface area contributed by atoms with E-state index in [4.69, 9.17) is 0 Å². The topological polar surface area (TPSA) is 26.3 Å². The van der Waals surface area contributed by atoms with Crippen LogP contribution in [0.4, 0.5) is 0 Å². The molecule has 0 unspecified atom stereocenters. The first-order chi connectivity index (χ1) is 4.93. The molecule has 0 aliphatic heterocycles. The molecule has 0 aliphatic carbocycles. The Morgan fingerprint density at radius 2 is 1.82 bits per heavy atom. The van der Waals surface area contributed by atoms with E-state index < -0.39 is 0 Å². The van der Waals surface area contributed by atoms with E-state index in [-0.39, 0.29) is 11.4 Å². The van der Waals surface area contributed by atoms with Crippen LogP contribution in [0.5, 0.6) is 0 Å². The van der Waals surface area contributed by atoms with Crippen molar-refractivity contribution < 1.29 is 9.53 Å². The highest BCUT2D eigenvalue weighted by Crippen LogP contribution is 2.25. The predicted octanol–water partition coefficient (Wildman–Crippen LogP) is 1.95. The molecule has 0 aromatic rings. The molecule has 0 N–H and O–H groups in total. The number of carbonyl (C=O) groups is 1. The van der Waals surface area contributed by atoms with Crippen LogP contribution < -0.4 is 0 Å². The summed E-state index contributed by atoms with van der Waals surface area (Å²) in [4.78, 5) is 11.1. The Balaban J connectivity index is 4.58. The SMILES string of the molecule is C[C]=C(C(=O)OC)C(C)(C)C. The number of rotatable bonds is 1. The molecule has 0 atom stereocenters. The normalized spacial score (nSPS) is 13.0. The van der Waals surface area contributed by atoms with Gasteiger partial charge in [-0.05, 0) is 18.4 Å². The smallest absolute Gasteiger partial charge is 0.334 e. The number of hydrogen-bond donors (Lipinski definition) is 0. The quantitative estimate of drug-likeness (QED) is 0.427. The monoisotopic (exact) mass is 155 g/mol. The molecular formula is C9H15O2. The van der Waals surface area contributed by atoms with E-state index >= 15 is 0 Å². The van der Waals surface area contributed by atoms with Crippen molar-refractivity contribution in [1.82, 2.24) is 0 Å². The maximum atomic E-state index is 11.1. The Hall–Kier alpha value is -0.790. The maximum Gasteiger partial charge on any atom is 0.334 e. The number of carbonyl (C=O) groups excluding carboxylic acids is 1. The summed E-state index contributed by atoms with van der Waals surface area (Å²) in [5, 5.41) is 0. The van der Waals surface area contributed by atoms with Crippen molar-refractivity contribution >= 4 is 5.97 Å². The molecule has 0 saturated heterocycles. The lowest BCUT2D eigenvalue weighted by Crippen LogP contribution is -2.19. The van der Waals surface area contributed by atoms with Gasteiger partial charge in [0.15, 0.2) is 0 Å². The fourth-order valence-corrected chi connectivity index (χ4v) is 0.885. The lowest BCUT2D eigenvalue weighted by atomic mass is 9.86. The zero-order chi connectivity index (χ0) is 9.07. The van der Waals surface area contributed by atoms with E-state index in [9.17, 15) is 4.79 Å². The van der Waals surface area contributed by atoms with Crippen LogP contribution in [0.25, 0.3) is 0 Å². The number of allylic oxidation sites excluding steroid dienone is 1. The van der Waals surface area contributed by atoms with Crippen LogP contribution in [0, 0.1) is 11.5 Å². The molecule has 0 saturated carbocycles. The van der Waals surface area contributed by atoms with E-state index in [1.54, 1.807) is 6.92 Å². The third-order valence-corrected chi connectivity index (χ3v) is 1.39. The Morgan fingerprint density at radius 3 is 1.91 bits per heavy atom. The predicted molar refractivity (Wildman–Crippen MR) is 43.9 cm³/mol. The molecule has 0 spiro atoms. The molecule has 0 aromatic heterocycles. The minimum atomic E-state index is -0.292. The second-order valence-corrected chi connectivity index (χ2v) is 3.37. The molecule has 0 amide bonds. The lowest BCUT2D eigenvalue weighted by molar-refractivity contribution is -0.137. The summed E-state index contributed by atoms with van der Waals surface area (Å²) in [6, 6.07) is 0. The molecule has 0 aromatic carbocycles. The molecular weight excluding hydrogens is 140 g/mol. The molecule has 63 valence electrons. The summed E-state index contributed by atoms with van der Waals surface area (Å²) in [6.07, 6.45) is 2.83. The average molecular weight is 155 g/mol. The van der Waals surface area contributed by atoms with Gasteiger partial charge in [-0.15, -0.1) is 0 Å². The van der Waals surface area contributed by atoms with Gasteiger partial charge in [-0.3, -0.25) is 0 Å². The molecule has 11 heavy (non-hydrogen) atoms. The van der Waals surface area contributed by atoms with Gasteiger partial charge in [0.05, 0.1) is 7.11 Å². The summed E-state index contributed by atoms with van der Waals surface area (Å²) >= 11 is 0. The van der Waals surface area contributed by atoms with E-state index in [2.05, 4.69) is 10.8 Å². The fourth-order valence-electron chi connectivity index (χ4n) is 0.885. The van der Waals surface area contributed by atoms with E-state index in [0.717, 1.165) is 0 Å². The largest absolute Gasteiger partial charge is 0.466 e. The van der Waals surface area contributed by atoms with Gasteiger partial charge in [-0.1, -0.05) is 20.8 Å². The van der Waals surface area contributed by atoms with Crippen LogP contribution in [0.3, 0.4) is 0 Å². The Labute approximate surface area is 68.2 Å². The van der Waals surface area contributed by atoms with Crippen molar-refractivity contribution in [3.63, 3.8) is 0 Å². The maximum absolute atomic E-state index is 11.1. The highest BCUT2D eigenvalue weighted by molar-refractivity contribution is 5.88. The van der Waals surface area contributed by atoms with Gasteiger partial charge in [0.2, 0.25) is 0 Å². The minimum Gasteiger partial charge on any atom is -0.466 e. The summed E-state index contributed by atoms with van der Waals surface area (Å²) in [5.74, 6) is -0.292. The van der Waals surface area contributed by atoms with E-state index in [0.29, 0.717) is 5.57 Å². The van der Waals surface area contributed by atoms with Crippen molar-refractivity contribution in [2.75, 3.05) is 7.11 Å². The third-order valence-electron chi connectivity index (χ3n) is 1.39. The molecule has 0 rings (SSSR count). The van der Waals surface area contributed by atoms with Crippen molar-refractivity contribution in [2.45, 2.75) is 27.7 Å². The van der Waals surface area contributed by atoms with Gasteiger partial charge in [0.25, 0.3) is 0 Å². The Kier molecular flexibility index (Phi) is 3.30. The standard InChI is InChI=1S/C9H15O2/c1-6-7(8(10)11-5)9(2,3)4/h1-5H3. The first-order valence-corrected chi connectivity index (χ1v) is 3.57. The summed E-state index contributed by atoms with van der Waals surface area (Å²) in [5.41, 5.74) is 0.418. The highest BCUT2D eigenvalue weighted by atomic mass is 16.5. The third kappa shape index (κ3) is 2.74. The summed E-state index contributed by atoms with van der Waals surface area (Å²) < 4.78 is 4.59. The van der Waals surface area contributed by atoms with Crippen LogP contribution >= 0.6 is 0 Å². The summed E-state index contributed by atoms with van der Waals surface area (Å²) in [6.45, 7) is 7.58. The minimum absolute atomic E-state index is 0.179. The summed E-state index contributed by atoms with van der Waals surface area (Å²) in [7, 11) is 1.38. The van der Waals surface area contributed by atoms with E-state index in [1.807, 2.05) is 20.8 Å². The molecule has 0 heterocycles. The van der Waals surface area contributed by atoms with Gasteiger partial charge in [-0.25, -0.2) is 4.79 Å². The van der Waals surface area contributed by atoms with Gasteiger partial charge in [0, 0.05) is 5.57 Å². The molecule has 1 radical (unpaired) electrons.